The zero-order chi connectivity index (χ0) is 22.8. The van der Waals surface area contributed by atoms with E-state index in [4.69, 9.17) is 11.5 Å². The van der Waals surface area contributed by atoms with Gasteiger partial charge in [-0.25, -0.2) is 0 Å². The highest BCUT2D eigenvalue weighted by atomic mass is 16.2. The smallest absolute Gasteiger partial charge is 0.352 e. The molecule has 7 N–H and O–H groups in total. The van der Waals surface area contributed by atoms with Crippen molar-refractivity contribution in [1.82, 2.24) is 15.2 Å². The van der Waals surface area contributed by atoms with Gasteiger partial charge in [0.2, 0.25) is 5.82 Å². The number of aromatic amines is 1. The molecule has 1 aliphatic heterocycles. The molecule has 1 aromatic heterocycles. The van der Waals surface area contributed by atoms with Crippen molar-refractivity contribution in [3.8, 4) is 0 Å². The first-order valence-corrected chi connectivity index (χ1v) is 11.5. The Balaban J connectivity index is 1.44. The van der Waals surface area contributed by atoms with Gasteiger partial charge in [-0.3, -0.25) is 4.79 Å². The summed E-state index contributed by atoms with van der Waals surface area (Å²) in [7, 11) is 0. The van der Waals surface area contributed by atoms with E-state index in [9.17, 15) is 9.59 Å². The van der Waals surface area contributed by atoms with Crippen molar-refractivity contribution >= 4 is 17.4 Å². The van der Waals surface area contributed by atoms with E-state index in [0.717, 1.165) is 57.4 Å². The van der Waals surface area contributed by atoms with Crippen LogP contribution < -0.4 is 32.4 Å². The van der Waals surface area contributed by atoms with Gasteiger partial charge in [-0.1, -0.05) is 0 Å². The number of H-pyrrole nitrogens is 1. The summed E-state index contributed by atoms with van der Waals surface area (Å²) in [6, 6.07) is 9.32. The van der Waals surface area contributed by atoms with E-state index in [2.05, 4.69) is 20.5 Å². The molecular formula is C23H36N7O2+. The van der Waals surface area contributed by atoms with Gasteiger partial charge in [0, 0.05) is 29.9 Å². The highest BCUT2D eigenvalue weighted by molar-refractivity contribution is 5.94. The van der Waals surface area contributed by atoms with Crippen LogP contribution >= 0.6 is 0 Å². The maximum atomic E-state index is 12.4. The van der Waals surface area contributed by atoms with Crippen LogP contribution in [0, 0.1) is 0 Å². The Kier molecular flexibility index (Phi) is 9.21. The number of nitrogens with zero attached hydrogens (tertiary/aromatic N) is 2. The minimum absolute atomic E-state index is 0.122. The SMILES string of the molecule is NCCCNC(=O)c1ccc(Nc2cc[n+](CCCCN3CCC(N)CC3)c(=O)[nH]2)cc1. The van der Waals surface area contributed by atoms with Crippen LogP contribution in [0.5, 0.6) is 0 Å². The molecule has 0 aliphatic carbocycles. The summed E-state index contributed by atoms with van der Waals surface area (Å²) < 4.78 is 1.70. The Bertz CT molecular complexity index is 905. The van der Waals surface area contributed by atoms with Crippen LogP contribution in [0.3, 0.4) is 0 Å². The quantitative estimate of drug-likeness (QED) is 0.257. The van der Waals surface area contributed by atoms with Crippen LogP contribution in [0.25, 0.3) is 0 Å². The molecule has 1 saturated heterocycles. The van der Waals surface area contributed by atoms with Crippen molar-refractivity contribution in [2.75, 3.05) is 38.0 Å². The number of aromatic nitrogens is 2. The molecule has 0 radical (unpaired) electrons. The van der Waals surface area contributed by atoms with Crippen molar-refractivity contribution in [1.29, 1.82) is 0 Å². The van der Waals surface area contributed by atoms with Gasteiger partial charge in [-0.2, -0.15) is 14.3 Å². The Labute approximate surface area is 189 Å². The van der Waals surface area contributed by atoms with Crippen LogP contribution in [0.1, 0.15) is 42.5 Å². The largest absolute Gasteiger partial charge is 0.497 e. The fraction of sp³-hybridized carbons (Fsp3) is 0.522. The van der Waals surface area contributed by atoms with Crippen molar-refractivity contribution in [3.05, 3.63) is 52.6 Å². The van der Waals surface area contributed by atoms with Crippen LogP contribution in [0.15, 0.2) is 41.3 Å². The zero-order valence-corrected chi connectivity index (χ0v) is 18.7. The summed E-state index contributed by atoms with van der Waals surface area (Å²) in [5, 5.41) is 6.00. The molecule has 9 nitrogen and oxygen atoms in total. The minimum Gasteiger partial charge on any atom is -0.352 e. The maximum absolute atomic E-state index is 12.4. The number of piperidine rings is 1. The number of hydrogen-bond donors (Lipinski definition) is 5. The molecule has 1 fully saturated rings. The molecule has 1 aromatic carbocycles. The van der Waals surface area contributed by atoms with Gasteiger partial charge in [0.05, 0.1) is 12.7 Å². The molecule has 32 heavy (non-hydrogen) atoms. The fourth-order valence-electron chi connectivity index (χ4n) is 3.77. The van der Waals surface area contributed by atoms with Gasteiger partial charge in [-0.05, 0) is 82.5 Å². The minimum atomic E-state index is -0.144. The van der Waals surface area contributed by atoms with Crippen molar-refractivity contribution in [2.45, 2.75) is 44.7 Å². The number of anilines is 2. The van der Waals surface area contributed by atoms with E-state index in [-0.39, 0.29) is 11.6 Å². The molecule has 174 valence electrons. The number of rotatable bonds is 11. The topological polar surface area (TPSA) is 133 Å². The second-order valence-electron chi connectivity index (χ2n) is 8.34. The number of nitrogens with two attached hydrogens (primary N) is 2. The highest BCUT2D eigenvalue weighted by Gasteiger charge is 2.15. The number of unbranched alkanes of at least 4 members (excludes halogenated alkanes) is 1. The first-order chi connectivity index (χ1) is 15.5. The third-order valence-corrected chi connectivity index (χ3v) is 5.77. The lowest BCUT2D eigenvalue weighted by molar-refractivity contribution is -0.714. The molecule has 2 aromatic rings. The van der Waals surface area contributed by atoms with E-state index >= 15 is 0 Å². The fourth-order valence-corrected chi connectivity index (χ4v) is 3.77. The summed E-state index contributed by atoms with van der Waals surface area (Å²) in [4.78, 5) is 29.8. The van der Waals surface area contributed by atoms with Gasteiger partial charge in [0.15, 0.2) is 0 Å². The summed E-state index contributed by atoms with van der Waals surface area (Å²) >= 11 is 0. The first kappa shape index (κ1) is 23.9. The number of likely N-dealkylation sites (tertiary alicyclic amines) is 1. The average Bonchev–Trinajstić information content (AvgIpc) is 2.80. The van der Waals surface area contributed by atoms with E-state index in [1.54, 1.807) is 22.9 Å². The Morgan fingerprint density at radius 2 is 1.88 bits per heavy atom. The molecule has 2 heterocycles. The summed E-state index contributed by atoms with van der Waals surface area (Å²) in [5.74, 6) is 0.485. The number of amides is 1. The molecule has 0 unspecified atom stereocenters. The number of nitrogens with one attached hydrogen (secondary N) is 3. The highest BCUT2D eigenvalue weighted by Crippen LogP contribution is 2.14. The number of hydrogen-bond acceptors (Lipinski definition) is 6. The third-order valence-electron chi connectivity index (χ3n) is 5.77. The number of aryl methyl sites for hydroxylation is 1. The summed E-state index contributed by atoms with van der Waals surface area (Å²) in [6.45, 7) is 5.02. The van der Waals surface area contributed by atoms with Crippen molar-refractivity contribution in [2.24, 2.45) is 11.5 Å². The molecule has 0 saturated carbocycles. The maximum Gasteiger partial charge on any atom is 0.497 e. The van der Waals surface area contributed by atoms with Crippen LogP contribution in [0.4, 0.5) is 11.5 Å². The van der Waals surface area contributed by atoms with E-state index in [0.29, 0.717) is 37.1 Å². The Hall–Kier alpha value is -2.75. The van der Waals surface area contributed by atoms with E-state index in [1.165, 1.54) is 0 Å². The second kappa shape index (κ2) is 12.3. The number of carbonyl (C=O) groups excluding carboxylic acids is 1. The molecule has 0 atom stereocenters. The Morgan fingerprint density at radius 1 is 1.12 bits per heavy atom. The van der Waals surface area contributed by atoms with Crippen molar-refractivity contribution < 1.29 is 9.36 Å². The average molecular weight is 443 g/mol. The van der Waals surface area contributed by atoms with Gasteiger partial charge in [0.25, 0.3) is 5.91 Å². The molecule has 0 bridgehead atoms. The standard InChI is InChI=1S/C23H35N7O2/c24-11-3-12-26-22(31)18-4-6-20(7-5-18)27-21-10-17-30(23(32)28-21)14-2-1-13-29-15-8-19(25)9-16-29/h4-7,10,17,19H,1-3,8-9,11-16,24-25H2,(H2,26,27,28,31,32)/p+1. The molecule has 1 aliphatic rings. The Morgan fingerprint density at radius 3 is 2.56 bits per heavy atom. The monoisotopic (exact) mass is 442 g/mol. The van der Waals surface area contributed by atoms with Crippen LogP contribution in [-0.4, -0.2) is 54.6 Å². The number of carbonyl (C=O) groups is 1. The van der Waals surface area contributed by atoms with E-state index < -0.39 is 0 Å². The predicted octanol–water partition coefficient (Wildman–Crippen LogP) is 0.688. The lowest BCUT2D eigenvalue weighted by Crippen LogP contribution is -2.51. The van der Waals surface area contributed by atoms with Gasteiger partial charge in [0.1, 0.15) is 0 Å². The van der Waals surface area contributed by atoms with Gasteiger partial charge < -0.3 is 27.0 Å². The predicted molar refractivity (Wildman–Crippen MR) is 126 cm³/mol. The molecule has 9 heteroatoms. The van der Waals surface area contributed by atoms with E-state index in [1.807, 2.05) is 18.2 Å². The lowest BCUT2D eigenvalue weighted by Gasteiger charge is -2.29. The van der Waals surface area contributed by atoms with Crippen LogP contribution in [0.2, 0.25) is 0 Å². The summed E-state index contributed by atoms with van der Waals surface area (Å²) in [6.07, 6.45) is 6.73. The lowest BCUT2D eigenvalue weighted by atomic mass is 10.1. The van der Waals surface area contributed by atoms with Crippen molar-refractivity contribution in [3.63, 3.8) is 0 Å². The zero-order valence-electron chi connectivity index (χ0n) is 18.7. The molecule has 0 spiro atoms. The van der Waals surface area contributed by atoms with Gasteiger partial charge in [-0.15, -0.1) is 0 Å². The van der Waals surface area contributed by atoms with Crippen LogP contribution in [-0.2, 0) is 6.54 Å². The number of benzene rings is 1. The van der Waals surface area contributed by atoms with Gasteiger partial charge >= 0.3 is 5.69 Å². The normalized spacial score (nSPS) is 14.9. The summed E-state index contributed by atoms with van der Waals surface area (Å²) in [5.41, 5.74) is 12.6. The first-order valence-electron chi connectivity index (χ1n) is 11.5. The second-order valence-corrected chi connectivity index (χ2v) is 8.34. The molecular weight excluding hydrogens is 406 g/mol. The third kappa shape index (κ3) is 7.44. The molecule has 3 rings (SSSR count). The molecule has 1 amide bonds.